The van der Waals surface area contributed by atoms with E-state index in [0.29, 0.717) is 6.42 Å². The molecule has 1 aliphatic carbocycles. The predicted molar refractivity (Wildman–Crippen MR) is 164 cm³/mol. The topological polar surface area (TPSA) is 26.3 Å². The van der Waals surface area contributed by atoms with Gasteiger partial charge in [0.1, 0.15) is 0 Å². The largest absolute Gasteiger partial charge is 0.444 e. The first-order valence-corrected chi connectivity index (χ1v) is 15.7. The molecule has 39 heavy (non-hydrogen) atoms. The molecule has 0 spiro atoms. The number of hydrogen-bond donors (Lipinski definition) is 0. The molecule has 0 atom stereocenters. The summed E-state index contributed by atoms with van der Waals surface area (Å²) in [6, 6.07) is 27.0. The van der Waals surface area contributed by atoms with Gasteiger partial charge in [-0.2, -0.15) is 0 Å². The lowest BCUT2D eigenvalue weighted by molar-refractivity contribution is -0.153. The minimum Gasteiger partial charge on any atom is -0.444 e. The summed E-state index contributed by atoms with van der Waals surface area (Å²) in [6.45, 7) is 2.28. The zero-order valence-electron chi connectivity index (χ0n) is 24.1. The molecule has 2 heteroatoms. The second-order valence-corrected chi connectivity index (χ2v) is 11.3. The van der Waals surface area contributed by atoms with E-state index < -0.39 is 5.60 Å². The van der Waals surface area contributed by atoms with E-state index in [9.17, 15) is 4.79 Å². The summed E-state index contributed by atoms with van der Waals surface area (Å²) in [4.78, 5) is 13.3. The van der Waals surface area contributed by atoms with Crippen LogP contribution in [0.2, 0.25) is 0 Å². The summed E-state index contributed by atoms with van der Waals surface area (Å²) < 4.78 is 6.52. The van der Waals surface area contributed by atoms with Crippen LogP contribution < -0.4 is 0 Å². The van der Waals surface area contributed by atoms with E-state index in [-0.39, 0.29) is 5.97 Å². The molecule has 1 aliphatic rings. The van der Waals surface area contributed by atoms with Crippen LogP contribution in [0, 0.1) is 0 Å². The normalized spacial score (nSPS) is 13.2. The Bertz CT molecular complexity index is 1090. The van der Waals surface area contributed by atoms with Crippen molar-refractivity contribution in [1.29, 1.82) is 0 Å². The molecule has 0 aromatic heterocycles. The molecule has 0 heterocycles. The molecule has 0 saturated heterocycles. The standard InChI is InChI=1S/C37H48O2/c1-2-3-4-5-6-7-8-9-10-11-12-13-14-15-19-30-36(38)39-37(31-24-17-16-18-25-31)34-28-22-20-26-32(34)33-27-21-23-29-35(33)37/h16-18,20-29H,2-15,19,30H2,1H3. The molecule has 0 N–H and O–H groups in total. The predicted octanol–water partition coefficient (Wildman–Crippen LogP) is 10.8. The number of ether oxygens (including phenoxy) is 1. The van der Waals surface area contributed by atoms with E-state index in [4.69, 9.17) is 4.74 Å². The lowest BCUT2D eigenvalue weighted by Crippen LogP contribution is -2.33. The van der Waals surface area contributed by atoms with Crippen LogP contribution in [0.5, 0.6) is 0 Å². The quantitative estimate of drug-likeness (QED) is 0.122. The molecular weight excluding hydrogens is 476 g/mol. The second-order valence-electron chi connectivity index (χ2n) is 11.3. The van der Waals surface area contributed by atoms with Crippen molar-refractivity contribution in [2.45, 2.75) is 115 Å². The number of fused-ring (bicyclic) bond motifs is 3. The maximum atomic E-state index is 13.3. The van der Waals surface area contributed by atoms with Crippen molar-refractivity contribution in [1.82, 2.24) is 0 Å². The van der Waals surface area contributed by atoms with E-state index in [1.165, 1.54) is 83.5 Å². The Morgan fingerprint density at radius 3 is 1.44 bits per heavy atom. The molecule has 2 nitrogen and oxygen atoms in total. The summed E-state index contributed by atoms with van der Waals surface area (Å²) in [6.07, 6.45) is 20.2. The van der Waals surface area contributed by atoms with Gasteiger partial charge in [-0.15, -0.1) is 0 Å². The average molecular weight is 525 g/mol. The summed E-state index contributed by atoms with van der Waals surface area (Å²) in [5.74, 6) is -0.111. The molecule has 0 unspecified atom stereocenters. The number of rotatable bonds is 18. The van der Waals surface area contributed by atoms with Gasteiger partial charge in [0, 0.05) is 23.1 Å². The maximum Gasteiger partial charge on any atom is 0.307 e. The molecule has 208 valence electrons. The van der Waals surface area contributed by atoms with Crippen LogP contribution in [0.4, 0.5) is 0 Å². The number of unbranched alkanes of at least 4 members (excludes halogenated alkanes) is 14. The highest BCUT2D eigenvalue weighted by Gasteiger charge is 2.47. The first kappa shape index (κ1) is 29.1. The fourth-order valence-electron chi connectivity index (χ4n) is 6.21. The zero-order chi connectivity index (χ0) is 27.2. The van der Waals surface area contributed by atoms with Crippen LogP contribution in [0.3, 0.4) is 0 Å². The van der Waals surface area contributed by atoms with Crippen molar-refractivity contribution in [3.63, 3.8) is 0 Å². The van der Waals surface area contributed by atoms with Crippen molar-refractivity contribution >= 4 is 5.97 Å². The SMILES string of the molecule is CCCCCCCCCCCCCCCCCC(=O)OC1(c2ccccc2)c2ccccc2-c2ccccc21. The molecule has 0 amide bonds. The Hall–Kier alpha value is -2.87. The Kier molecular flexibility index (Phi) is 11.7. The van der Waals surface area contributed by atoms with Crippen molar-refractivity contribution in [3.05, 3.63) is 95.6 Å². The Balaban J connectivity index is 1.21. The molecule has 0 saturated carbocycles. The lowest BCUT2D eigenvalue weighted by atomic mass is 9.84. The highest BCUT2D eigenvalue weighted by Crippen LogP contribution is 2.53. The molecule has 0 radical (unpaired) electrons. The number of carbonyl (C=O) groups excluding carboxylic acids is 1. The van der Waals surface area contributed by atoms with E-state index in [0.717, 1.165) is 40.7 Å². The third-order valence-corrected chi connectivity index (χ3v) is 8.33. The molecule has 0 aliphatic heterocycles. The monoisotopic (exact) mass is 524 g/mol. The maximum absolute atomic E-state index is 13.3. The van der Waals surface area contributed by atoms with Gasteiger partial charge >= 0.3 is 5.97 Å². The molecule has 0 bridgehead atoms. The average Bonchev–Trinajstić information content (AvgIpc) is 3.26. The van der Waals surface area contributed by atoms with Crippen LogP contribution in [0.15, 0.2) is 78.9 Å². The van der Waals surface area contributed by atoms with Gasteiger partial charge in [0.05, 0.1) is 0 Å². The van der Waals surface area contributed by atoms with Crippen LogP contribution in [0.1, 0.15) is 126 Å². The third kappa shape index (κ3) is 7.62. The first-order chi connectivity index (χ1) is 19.3. The number of esters is 1. The van der Waals surface area contributed by atoms with Gasteiger partial charge in [-0.3, -0.25) is 4.79 Å². The highest BCUT2D eigenvalue weighted by atomic mass is 16.6. The fourth-order valence-corrected chi connectivity index (χ4v) is 6.21. The Morgan fingerprint density at radius 1 is 0.538 bits per heavy atom. The number of benzene rings is 3. The van der Waals surface area contributed by atoms with Crippen LogP contribution in [-0.4, -0.2) is 5.97 Å². The third-order valence-electron chi connectivity index (χ3n) is 8.33. The summed E-state index contributed by atoms with van der Waals surface area (Å²) in [5.41, 5.74) is 4.53. The first-order valence-electron chi connectivity index (χ1n) is 15.7. The molecular formula is C37H48O2. The Labute approximate surface area is 237 Å². The van der Waals surface area contributed by atoms with Crippen molar-refractivity contribution in [2.24, 2.45) is 0 Å². The molecule has 4 rings (SSSR count). The summed E-state index contributed by atoms with van der Waals surface area (Å²) >= 11 is 0. The van der Waals surface area contributed by atoms with E-state index in [2.05, 4.69) is 55.5 Å². The Morgan fingerprint density at radius 2 is 0.949 bits per heavy atom. The van der Waals surface area contributed by atoms with E-state index >= 15 is 0 Å². The van der Waals surface area contributed by atoms with Gasteiger partial charge in [0.25, 0.3) is 0 Å². The zero-order valence-corrected chi connectivity index (χ0v) is 24.1. The second kappa shape index (κ2) is 15.7. The molecule has 3 aromatic carbocycles. The summed E-state index contributed by atoms with van der Waals surface area (Å²) in [7, 11) is 0. The van der Waals surface area contributed by atoms with Gasteiger partial charge in [-0.1, -0.05) is 176 Å². The highest BCUT2D eigenvalue weighted by molar-refractivity contribution is 5.84. The van der Waals surface area contributed by atoms with Gasteiger partial charge in [0.2, 0.25) is 0 Å². The van der Waals surface area contributed by atoms with E-state index in [1.54, 1.807) is 0 Å². The van der Waals surface area contributed by atoms with Gasteiger partial charge < -0.3 is 4.74 Å². The minimum atomic E-state index is -0.888. The minimum absolute atomic E-state index is 0.111. The van der Waals surface area contributed by atoms with E-state index in [1.807, 2.05) is 30.3 Å². The lowest BCUT2D eigenvalue weighted by Gasteiger charge is -2.32. The van der Waals surface area contributed by atoms with Crippen LogP contribution >= 0.6 is 0 Å². The smallest absolute Gasteiger partial charge is 0.307 e. The molecule has 3 aromatic rings. The van der Waals surface area contributed by atoms with Crippen LogP contribution in [0.25, 0.3) is 11.1 Å². The molecule has 0 fully saturated rings. The van der Waals surface area contributed by atoms with Crippen LogP contribution in [-0.2, 0) is 15.1 Å². The summed E-state index contributed by atoms with van der Waals surface area (Å²) in [5, 5.41) is 0. The fraction of sp³-hybridized carbons (Fsp3) is 0.486. The number of carbonyl (C=O) groups is 1. The van der Waals surface area contributed by atoms with Gasteiger partial charge in [-0.05, 0) is 17.5 Å². The number of hydrogen-bond acceptors (Lipinski definition) is 2. The van der Waals surface area contributed by atoms with Crippen molar-refractivity contribution in [3.8, 4) is 11.1 Å². The van der Waals surface area contributed by atoms with Crippen molar-refractivity contribution < 1.29 is 9.53 Å². The van der Waals surface area contributed by atoms with Gasteiger partial charge in [0.15, 0.2) is 5.60 Å². The van der Waals surface area contributed by atoms with Gasteiger partial charge in [-0.25, -0.2) is 0 Å². The van der Waals surface area contributed by atoms with Crippen molar-refractivity contribution in [2.75, 3.05) is 0 Å².